The highest BCUT2D eigenvalue weighted by Crippen LogP contribution is 2.23. The summed E-state index contributed by atoms with van der Waals surface area (Å²) in [6, 6.07) is 21.1. The van der Waals surface area contributed by atoms with Gasteiger partial charge >= 0.3 is 0 Å². The van der Waals surface area contributed by atoms with Crippen molar-refractivity contribution in [1.82, 2.24) is 14.7 Å². The number of carbonyl (C=O) groups excluding carboxylic acids is 1. The number of likely N-dealkylation sites (tertiary alicyclic amines) is 1. The molecule has 2 heterocycles. The molecule has 6 heteroatoms. The topological polar surface area (TPSA) is 64.4 Å². The van der Waals surface area contributed by atoms with Crippen LogP contribution in [-0.4, -0.2) is 40.3 Å². The van der Waals surface area contributed by atoms with E-state index in [0.717, 1.165) is 44.5 Å². The van der Waals surface area contributed by atoms with Crippen molar-refractivity contribution in [2.45, 2.75) is 39.2 Å². The zero-order valence-electron chi connectivity index (χ0n) is 19.2. The van der Waals surface area contributed by atoms with Crippen LogP contribution >= 0.6 is 0 Å². The number of aryl methyl sites for hydroxylation is 2. The van der Waals surface area contributed by atoms with Crippen molar-refractivity contribution in [3.8, 4) is 5.75 Å². The van der Waals surface area contributed by atoms with Crippen molar-refractivity contribution in [3.63, 3.8) is 0 Å². The molecule has 0 unspecified atom stereocenters. The number of nitrogens with zero attached hydrogens (tertiary/aromatic N) is 3. The van der Waals surface area contributed by atoms with E-state index in [4.69, 9.17) is 4.74 Å². The summed E-state index contributed by atoms with van der Waals surface area (Å²) in [6.07, 6.45) is 4.23. The molecule has 1 saturated heterocycles. The number of benzene rings is 2. The predicted molar refractivity (Wildman–Crippen MR) is 129 cm³/mol. The fraction of sp³-hybridized carbons (Fsp3) is 0.370. The number of ether oxygens (including phenoxy) is 1. The SMILES string of the molecule is Cc1ccc(CCC2CCN(C(=O)c3ccc(=O)n(CCOc4ccccc4)n3)CC2)cc1. The van der Waals surface area contributed by atoms with Crippen LogP contribution in [0.25, 0.3) is 0 Å². The van der Waals surface area contributed by atoms with Crippen molar-refractivity contribution in [2.75, 3.05) is 19.7 Å². The Morgan fingerprint density at radius 2 is 1.73 bits per heavy atom. The van der Waals surface area contributed by atoms with Crippen LogP contribution in [0.15, 0.2) is 71.5 Å². The van der Waals surface area contributed by atoms with Crippen molar-refractivity contribution < 1.29 is 9.53 Å². The van der Waals surface area contributed by atoms with Gasteiger partial charge in [0.05, 0.1) is 6.54 Å². The van der Waals surface area contributed by atoms with Crippen LogP contribution in [0.4, 0.5) is 0 Å². The minimum absolute atomic E-state index is 0.107. The Bertz CT molecular complexity index is 1100. The fourth-order valence-electron chi connectivity index (χ4n) is 4.20. The Balaban J connectivity index is 1.27. The molecular formula is C27H31N3O3. The molecule has 3 aromatic rings. The quantitative estimate of drug-likeness (QED) is 0.523. The van der Waals surface area contributed by atoms with E-state index in [9.17, 15) is 9.59 Å². The van der Waals surface area contributed by atoms with E-state index in [0.29, 0.717) is 18.2 Å². The lowest BCUT2D eigenvalue weighted by Crippen LogP contribution is -2.40. The van der Waals surface area contributed by atoms with Gasteiger partial charge < -0.3 is 9.64 Å². The number of rotatable bonds is 8. The summed E-state index contributed by atoms with van der Waals surface area (Å²) in [7, 11) is 0. The zero-order chi connectivity index (χ0) is 23.0. The Morgan fingerprint density at radius 1 is 1.00 bits per heavy atom. The van der Waals surface area contributed by atoms with Gasteiger partial charge in [0.2, 0.25) is 0 Å². The Kier molecular flexibility index (Phi) is 7.55. The zero-order valence-corrected chi connectivity index (χ0v) is 19.2. The molecule has 1 aliphatic heterocycles. The number of carbonyl (C=O) groups is 1. The lowest BCUT2D eigenvalue weighted by atomic mass is 9.90. The standard InChI is InChI=1S/C27H31N3O3/c1-21-7-9-22(10-8-21)11-12-23-15-17-29(18-16-23)27(32)25-13-14-26(31)30(28-25)19-20-33-24-5-3-2-4-6-24/h2-10,13-14,23H,11-12,15-20H2,1H3. The summed E-state index contributed by atoms with van der Waals surface area (Å²) in [5, 5.41) is 4.31. The largest absolute Gasteiger partial charge is 0.492 e. The van der Waals surface area contributed by atoms with Crippen LogP contribution in [0.3, 0.4) is 0 Å². The maximum atomic E-state index is 13.0. The predicted octanol–water partition coefficient (Wildman–Crippen LogP) is 4.12. The first kappa shape index (κ1) is 22.8. The van der Waals surface area contributed by atoms with Crippen LogP contribution < -0.4 is 10.3 Å². The summed E-state index contributed by atoms with van der Waals surface area (Å²) < 4.78 is 6.97. The second-order valence-electron chi connectivity index (χ2n) is 8.70. The molecule has 2 aromatic carbocycles. The first-order valence-corrected chi connectivity index (χ1v) is 11.7. The summed E-state index contributed by atoms with van der Waals surface area (Å²) in [5.74, 6) is 1.26. The summed E-state index contributed by atoms with van der Waals surface area (Å²) in [4.78, 5) is 27.0. The van der Waals surface area contributed by atoms with E-state index < -0.39 is 0 Å². The van der Waals surface area contributed by atoms with Gasteiger partial charge in [0.25, 0.3) is 11.5 Å². The van der Waals surface area contributed by atoms with Crippen LogP contribution in [-0.2, 0) is 13.0 Å². The highest BCUT2D eigenvalue weighted by molar-refractivity contribution is 5.92. The van der Waals surface area contributed by atoms with Gasteiger partial charge in [0, 0.05) is 19.2 Å². The molecule has 172 valence electrons. The van der Waals surface area contributed by atoms with Crippen molar-refractivity contribution in [3.05, 3.63) is 93.9 Å². The average molecular weight is 446 g/mol. The molecule has 1 fully saturated rings. The molecule has 33 heavy (non-hydrogen) atoms. The number of aromatic nitrogens is 2. The Hall–Kier alpha value is -3.41. The fourth-order valence-corrected chi connectivity index (χ4v) is 4.20. The summed E-state index contributed by atoms with van der Waals surface area (Å²) >= 11 is 0. The molecule has 0 radical (unpaired) electrons. The molecule has 1 aromatic heterocycles. The van der Waals surface area contributed by atoms with Gasteiger partial charge in [0.1, 0.15) is 18.1 Å². The smallest absolute Gasteiger partial charge is 0.274 e. The molecule has 0 aliphatic carbocycles. The lowest BCUT2D eigenvalue weighted by molar-refractivity contribution is 0.0677. The minimum atomic E-state index is -0.238. The van der Waals surface area contributed by atoms with Gasteiger partial charge in [-0.2, -0.15) is 5.10 Å². The molecular weight excluding hydrogens is 414 g/mol. The van der Waals surface area contributed by atoms with Gasteiger partial charge in [-0.25, -0.2) is 4.68 Å². The average Bonchev–Trinajstić information content (AvgIpc) is 2.85. The van der Waals surface area contributed by atoms with Crippen LogP contribution in [0.1, 0.15) is 40.9 Å². The van der Waals surface area contributed by atoms with Gasteiger partial charge in [-0.3, -0.25) is 9.59 Å². The monoisotopic (exact) mass is 445 g/mol. The Labute approximate surface area is 194 Å². The second-order valence-corrected chi connectivity index (χ2v) is 8.70. The third-order valence-electron chi connectivity index (χ3n) is 6.26. The van der Waals surface area contributed by atoms with E-state index in [-0.39, 0.29) is 18.0 Å². The van der Waals surface area contributed by atoms with E-state index in [2.05, 4.69) is 36.3 Å². The molecule has 6 nitrogen and oxygen atoms in total. The van der Waals surface area contributed by atoms with Gasteiger partial charge in [-0.1, -0.05) is 48.0 Å². The normalized spacial score (nSPS) is 14.3. The summed E-state index contributed by atoms with van der Waals surface area (Å²) in [6.45, 7) is 4.16. The first-order chi connectivity index (χ1) is 16.1. The molecule has 0 saturated carbocycles. The van der Waals surface area contributed by atoms with Gasteiger partial charge in [-0.05, 0) is 62.3 Å². The highest BCUT2D eigenvalue weighted by atomic mass is 16.5. The minimum Gasteiger partial charge on any atom is -0.492 e. The number of hydrogen-bond acceptors (Lipinski definition) is 4. The van der Waals surface area contributed by atoms with Crippen molar-refractivity contribution >= 4 is 5.91 Å². The van der Waals surface area contributed by atoms with Crippen LogP contribution in [0, 0.1) is 12.8 Å². The molecule has 0 bridgehead atoms. The maximum Gasteiger partial charge on any atom is 0.274 e. The molecule has 0 N–H and O–H groups in total. The van der Waals surface area contributed by atoms with E-state index in [1.54, 1.807) is 0 Å². The van der Waals surface area contributed by atoms with Crippen LogP contribution in [0.5, 0.6) is 5.75 Å². The van der Waals surface area contributed by atoms with E-state index in [1.165, 1.54) is 27.9 Å². The molecule has 0 spiro atoms. The van der Waals surface area contributed by atoms with Gasteiger partial charge in [0.15, 0.2) is 0 Å². The third kappa shape index (κ3) is 6.31. The number of piperidine rings is 1. The van der Waals surface area contributed by atoms with Crippen molar-refractivity contribution in [1.29, 1.82) is 0 Å². The number of para-hydroxylation sites is 1. The summed E-state index contributed by atoms with van der Waals surface area (Å²) in [5.41, 5.74) is 2.74. The molecule has 1 amide bonds. The lowest BCUT2D eigenvalue weighted by Gasteiger charge is -2.32. The Morgan fingerprint density at radius 3 is 2.45 bits per heavy atom. The first-order valence-electron chi connectivity index (χ1n) is 11.7. The number of amides is 1. The van der Waals surface area contributed by atoms with Gasteiger partial charge in [-0.15, -0.1) is 0 Å². The van der Waals surface area contributed by atoms with E-state index in [1.807, 2.05) is 35.2 Å². The second kappa shape index (κ2) is 10.9. The third-order valence-corrected chi connectivity index (χ3v) is 6.26. The number of hydrogen-bond donors (Lipinski definition) is 0. The van der Waals surface area contributed by atoms with Crippen LogP contribution in [0.2, 0.25) is 0 Å². The molecule has 4 rings (SSSR count). The highest BCUT2D eigenvalue weighted by Gasteiger charge is 2.24. The maximum absolute atomic E-state index is 13.0. The van der Waals surface area contributed by atoms with E-state index >= 15 is 0 Å². The molecule has 0 atom stereocenters. The molecule has 1 aliphatic rings. The van der Waals surface area contributed by atoms with Crippen molar-refractivity contribution in [2.24, 2.45) is 5.92 Å².